The summed E-state index contributed by atoms with van der Waals surface area (Å²) in [4.78, 5) is 40.5. The van der Waals surface area contributed by atoms with E-state index in [-0.39, 0.29) is 30.9 Å². The highest BCUT2D eigenvalue weighted by Crippen LogP contribution is 2.19. The molecule has 0 saturated carbocycles. The lowest BCUT2D eigenvalue weighted by Gasteiger charge is -2.34. The summed E-state index contributed by atoms with van der Waals surface area (Å²) in [6.45, 7) is 6.89. The van der Waals surface area contributed by atoms with Crippen molar-refractivity contribution in [3.05, 3.63) is 65.2 Å². The molecular weight excluding hydrogens is 406 g/mol. The molecule has 32 heavy (non-hydrogen) atoms. The van der Waals surface area contributed by atoms with Gasteiger partial charge in [-0.1, -0.05) is 48.5 Å². The molecule has 0 radical (unpaired) electrons. The number of aryl methyl sites for hydroxylation is 2. The normalized spacial score (nSPS) is 14.0. The van der Waals surface area contributed by atoms with Gasteiger partial charge in [-0.2, -0.15) is 0 Å². The molecule has 3 N–H and O–H groups in total. The fraction of sp³-hybridized carbons (Fsp3) is 0.375. The van der Waals surface area contributed by atoms with Gasteiger partial charge in [-0.25, -0.2) is 4.79 Å². The zero-order valence-electron chi connectivity index (χ0n) is 18.7. The quantitative estimate of drug-likeness (QED) is 0.617. The molecule has 170 valence electrons. The maximum absolute atomic E-state index is 12.5. The van der Waals surface area contributed by atoms with Crippen molar-refractivity contribution in [2.45, 2.75) is 20.4 Å². The van der Waals surface area contributed by atoms with E-state index in [1.54, 1.807) is 4.90 Å². The van der Waals surface area contributed by atoms with Gasteiger partial charge in [-0.05, 0) is 30.5 Å². The van der Waals surface area contributed by atoms with E-state index in [0.29, 0.717) is 32.7 Å². The first-order valence-corrected chi connectivity index (χ1v) is 10.8. The van der Waals surface area contributed by atoms with Crippen molar-refractivity contribution < 1.29 is 14.4 Å². The Hall–Kier alpha value is -3.39. The molecule has 0 bridgehead atoms. The van der Waals surface area contributed by atoms with Gasteiger partial charge in [-0.3, -0.25) is 14.5 Å². The van der Waals surface area contributed by atoms with Crippen LogP contribution in [-0.2, 0) is 16.1 Å². The molecule has 1 heterocycles. The summed E-state index contributed by atoms with van der Waals surface area (Å²) >= 11 is 0. The summed E-state index contributed by atoms with van der Waals surface area (Å²) in [6.07, 6.45) is 0. The number of anilines is 1. The van der Waals surface area contributed by atoms with Gasteiger partial charge in [0.05, 0.1) is 13.1 Å². The van der Waals surface area contributed by atoms with Crippen molar-refractivity contribution in [2.24, 2.45) is 0 Å². The molecule has 4 amide bonds. The lowest BCUT2D eigenvalue weighted by molar-refractivity contribution is -0.132. The van der Waals surface area contributed by atoms with E-state index in [0.717, 1.165) is 22.4 Å². The minimum Gasteiger partial charge on any atom is -0.339 e. The molecule has 0 atom stereocenters. The molecule has 2 aromatic rings. The van der Waals surface area contributed by atoms with Crippen LogP contribution in [0.25, 0.3) is 0 Å². The van der Waals surface area contributed by atoms with E-state index >= 15 is 0 Å². The van der Waals surface area contributed by atoms with Crippen molar-refractivity contribution in [2.75, 3.05) is 44.6 Å². The summed E-state index contributed by atoms with van der Waals surface area (Å²) in [5.41, 5.74) is 3.93. The number of benzene rings is 2. The molecular formula is C24H31N5O3. The molecule has 2 aromatic carbocycles. The standard InChI is InChI=1S/C24H31N5O3/c1-18-7-6-8-19(2)23(18)27-21(30)17-28-11-13-29(14-12-28)22(31)16-26-24(32)25-15-20-9-4-3-5-10-20/h3-10H,11-17H2,1-2H3,(H,27,30)(H2,25,26,32). The number of amides is 4. The van der Waals surface area contributed by atoms with Crippen LogP contribution in [0.5, 0.6) is 0 Å². The van der Waals surface area contributed by atoms with Crippen molar-refractivity contribution in [3.8, 4) is 0 Å². The van der Waals surface area contributed by atoms with Crippen LogP contribution in [-0.4, -0.2) is 66.9 Å². The Morgan fingerprint density at radius 1 is 0.844 bits per heavy atom. The predicted molar refractivity (Wildman–Crippen MR) is 124 cm³/mol. The Bertz CT molecular complexity index is 920. The topological polar surface area (TPSA) is 93.8 Å². The zero-order valence-corrected chi connectivity index (χ0v) is 18.7. The second-order valence-electron chi connectivity index (χ2n) is 7.99. The van der Waals surface area contributed by atoms with Gasteiger partial charge >= 0.3 is 6.03 Å². The number of para-hydroxylation sites is 1. The summed E-state index contributed by atoms with van der Waals surface area (Å²) in [7, 11) is 0. The average molecular weight is 438 g/mol. The predicted octanol–water partition coefficient (Wildman–Crippen LogP) is 1.89. The van der Waals surface area contributed by atoms with Gasteiger partial charge in [0.1, 0.15) is 0 Å². The highest BCUT2D eigenvalue weighted by Gasteiger charge is 2.23. The number of hydrogen-bond donors (Lipinski definition) is 3. The molecule has 8 nitrogen and oxygen atoms in total. The van der Waals surface area contributed by atoms with Gasteiger partial charge in [0.2, 0.25) is 11.8 Å². The zero-order chi connectivity index (χ0) is 22.9. The minimum absolute atomic E-state index is 0.0479. The van der Waals surface area contributed by atoms with Crippen LogP contribution in [0.2, 0.25) is 0 Å². The van der Waals surface area contributed by atoms with E-state index in [2.05, 4.69) is 16.0 Å². The molecule has 3 rings (SSSR count). The van der Waals surface area contributed by atoms with Gasteiger partial charge in [0.25, 0.3) is 0 Å². The SMILES string of the molecule is Cc1cccc(C)c1NC(=O)CN1CCN(C(=O)CNC(=O)NCc2ccccc2)CC1. The van der Waals surface area contributed by atoms with Crippen molar-refractivity contribution >= 4 is 23.5 Å². The van der Waals surface area contributed by atoms with E-state index in [1.165, 1.54) is 0 Å². The first-order chi connectivity index (χ1) is 15.4. The van der Waals surface area contributed by atoms with Crippen LogP contribution in [0.4, 0.5) is 10.5 Å². The third-order valence-electron chi connectivity index (χ3n) is 5.53. The number of carbonyl (C=O) groups is 3. The molecule has 0 aromatic heterocycles. The fourth-order valence-electron chi connectivity index (χ4n) is 3.66. The molecule has 8 heteroatoms. The van der Waals surface area contributed by atoms with E-state index < -0.39 is 0 Å². The largest absolute Gasteiger partial charge is 0.339 e. The average Bonchev–Trinajstić information content (AvgIpc) is 2.80. The second kappa shape index (κ2) is 11.3. The number of urea groups is 1. The first-order valence-electron chi connectivity index (χ1n) is 10.8. The Balaban J connectivity index is 1.35. The molecule has 1 aliphatic rings. The molecule has 0 spiro atoms. The number of rotatable bonds is 7. The highest BCUT2D eigenvalue weighted by atomic mass is 16.2. The Morgan fingerprint density at radius 2 is 1.50 bits per heavy atom. The summed E-state index contributed by atoms with van der Waals surface area (Å²) in [6, 6.07) is 15.1. The van der Waals surface area contributed by atoms with Crippen molar-refractivity contribution in [1.82, 2.24) is 20.4 Å². The third kappa shape index (κ3) is 6.81. The number of nitrogens with zero attached hydrogens (tertiary/aromatic N) is 2. The number of piperazine rings is 1. The third-order valence-corrected chi connectivity index (χ3v) is 5.53. The van der Waals surface area contributed by atoms with Gasteiger partial charge in [0.15, 0.2) is 0 Å². The molecule has 0 aliphatic carbocycles. The molecule has 1 aliphatic heterocycles. The minimum atomic E-state index is -0.371. The van der Waals surface area contributed by atoms with E-state index in [4.69, 9.17) is 0 Å². The van der Waals surface area contributed by atoms with Gasteiger partial charge in [0, 0.05) is 38.4 Å². The van der Waals surface area contributed by atoms with Crippen molar-refractivity contribution in [1.29, 1.82) is 0 Å². The summed E-state index contributed by atoms with van der Waals surface area (Å²) < 4.78 is 0. The number of hydrogen-bond acceptors (Lipinski definition) is 4. The first kappa shape index (κ1) is 23.3. The lowest BCUT2D eigenvalue weighted by Crippen LogP contribution is -2.53. The van der Waals surface area contributed by atoms with E-state index in [9.17, 15) is 14.4 Å². The Kier molecular flexibility index (Phi) is 8.21. The highest BCUT2D eigenvalue weighted by molar-refractivity contribution is 5.93. The van der Waals surface area contributed by atoms with Crippen LogP contribution in [0, 0.1) is 13.8 Å². The molecule has 1 saturated heterocycles. The summed E-state index contributed by atoms with van der Waals surface area (Å²) in [5.74, 6) is -0.182. The van der Waals surface area contributed by atoms with Crippen LogP contribution in [0.3, 0.4) is 0 Å². The lowest BCUT2D eigenvalue weighted by atomic mass is 10.1. The smallest absolute Gasteiger partial charge is 0.315 e. The number of nitrogens with one attached hydrogen (secondary N) is 3. The maximum Gasteiger partial charge on any atom is 0.315 e. The number of carbonyl (C=O) groups excluding carboxylic acids is 3. The van der Waals surface area contributed by atoms with Crippen molar-refractivity contribution in [3.63, 3.8) is 0 Å². The van der Waals surface area contributed by atoms with Crippen LogP contribution >= 0.6 is 0 Å². The van der Waals surface area contributed by atoms with Gasteiger partial charge in [-0.15, -0.1) is 0 Å². The summed E-state index contributed by atoms with van der Waals surface area (Å²) in [5, 5.41) is 8.35. The van der Waals surface area contributed by atoms with E-state index in [1.807, 2.05) is 67.3 Å². The maximum atomic E-state index is 12.5. The molecule has 0 unspecified atom stereocenters. The molecule has 1 fully saturated rings. The van der Waals surface area contributed by atoms with Crippen LogP contribution < -0.4 is 16.0 Å². The monoisotopic (exact) mass is 437 g/mol. The Morgan fingerprint density at radius 3 is 2.16 bits per heavy atom. The Labute approximate surface area is 189 Å². The van der Waals surface area contributed by atoms with Crippen LogP contribution in [0.1, 0.15) is 16.7 Å². The second-order valence-corrected chi connectivity index (χ2v) is 7.99. The van der Waals surface area contributed by atoms with Gasteiger partial charge < -0.3 is 20.9 Å². The fourth-order valence-corrected chi connectivity index (χ4v) is 3.66. The van der Waals surface area contributed by atoms with Crippen LogP contribution in [0.15, 0.2) is 48.5 Å².